The van der Waals surface area contributed by atoms with Crippen molar-refractivity contribution in [1.82, 2.24) is 5.32 Å². The first-order chi connectivity index (χ1) is 11.5. The molecule has 0 spiro atoms. The van der Waals surface area contributed by atoms with Gasteiger partial charge in [0, 0.05) is 28.9 Å². The summed E-state index contributed by atoms with van der Waals surface area (Å²) in [5.41, 5.74) is 2.33. The van der Waals surface area contributed by atoms with Gasteiger partial charge in [0.2, 0.25) is 11.7 Å². The molecule has 0 aliphatic carbocycles. The second-order valence-corrected chi connectivity index (χ2v) is 6.47. The molecular formula is C19H16BrNO3. The van der Waals surface area contributed by atoms with E-state index in [1.165, 1.54) is 6.92 Å². The number of carbonyl (C=O) groups is 2. The van der Waals surface area contributed by atoms with E-state index in [0.717, 1.165) is 21.8 Å². The third kappa shape index (κ3) is 3.74. The molecule has 1 heterocycles. The van der Waals surface area contributed by atoms with E-state index in [2.05, 4.69) is 21.2 Å². The maximum Gasteiger partial charge on any atom is 0.228 e. The van der Waals surface area contributed by atoms with Crippen molar-refractivity contribution in [3.8, 4) is 0 Å². The SMILES string of the molecule is CC(=O)NCCc1ccc(C(=O)c2cc3cc(Br)ccc3o2)cc1. The van der Waals surface area contributed by atoms with Gasteiger partial charge in [-0.15, -0.1) is 0 Å². The van der Waals surface area contributed by atoms with Gasteiger partial charge in [-0.2, -0.15) is 0 Å². The Morgan fingerprint density at radius 2 is 1.83 bits per heavy atom. The zero-order valence-electron chi connectivity index (χ0n) is 13.1. The van der Waals surface area contributed by atoms with Crippen LogP contribution in [0.4, 0.5) is 0 Å². The van der Waals surface area contributed by atoms with Crippen molar-refractivity contribution in [1.29, 1.82) is 0 Å². The van der Waals surface area contributed by atoms with E-state index in [0.29, 0.717) is 23.5 Å². The van der Waals surface area contributed by atoms with E-state index in [1.54, 1.807) is 18.2 Å². The fraction of sp³-hybridized carbons (Fsp3) is 0.158. The van der Waals surface area contributed by atoms with Crippen LogP contribution in [0, 0.1) is 0 Å². The van der Waals surface area contributed by atoms with Crippen LogP contribution in [-0.2, 0) is 11.2 Å². The lowest BCUT2D eigenvalue weighted by atomic mass is 10.0. The summed E-state index contributed by atoms with van der Waals surface area (Å²) in [6.07, 6.45) is 0.729. The minimum Gasteiger partial charge on any atom is -0.453 e. The monoisotopic (exact) mass is 385 g/mol. The minimum atomic E-state index is -0.143. The summed E-state index contributed by atoms with van der Waals surface area (Å²) in [6.45, 7) is 2.08. The molecule has 1 N–H and O–H groups in total. The number of amides is 1. The van der Waals surface area contributed by atoms with E-state index in [4.69, 9.17) is 4.42 Å². The van der Waals surface area contributed by atoms with Crippen molar-refractivity contribution in [3.63, 3.8) is 0 Å². The number of hydrogen-bond donors (Lipinski definition) is 1. The number of hydrogen-bond acceptors (Lipinski definition) is 3. The van der Waals surface area contributed by atoms with Crippen molar-refractivity contribution >= 4 is 38.6 Å². The topological polar surface area (TPSA) is 59.3 Å². The standard InChI is InChI=1S/C19H16BrNO3/c1-12(22)21-9-8-13-2-4-14(5-3-13)19(23)18-11-15-10-16(20)6-7-17(15)24-18/h2-7,10-11H,8-9H2,1H3,(H,21,22). The van der Waals surface area contributed by atoms with Crippen LogP contribution in [0.15, 0.2) is 57.4 Å². The van der Waals surface area contributed by atoms with Crippen molar-refractivity contribution in [2.75, 3.05) is 6.54 Å². The van der Waals surface area contributed by atoms with Crippen LogP contribution in [0.2, 0.25) is 0 Å². The summed E-state index contributed by atoms with van der Waals surface area (Å²) in [7, 11) is 0. The van der Waals surface area contributed by atoms with Crippen LogP contribution in [0.3, 0.4) is 0 Å². The lowest BCUT2D eigenvalue weighted by molar-refractivity contribution is -0.118. The smallest absolute Gasteiger partial charge is 0.228 e. The molecule has 0 fully saturated rings. The number of rotatable bonds is 5. The van der Waals surface area contributed by atoms with Gasteiger partial charge in [-0.05, 0) is 36.2 Å². The molecule has 0 radical (unpaired) electrons. The Labute approximate surface area is 148 Å². The Bertz CT molecular complexity index is 897. The third-order valence-electron chi connectivity index (χ3n) is 3.71. The maximum absolute atomic E-state index is 12.6. The van der Waals surface area contributed by atoms with Gasteiger partial charge in [-0.25, -0.2) is 0 Å². The molecule has 0 aliphatic rings. The zero-order chi connectivity index (χ0) is 17.1. The summed E-state index contributed by atoms with van der Waals surface area (Å²) in [4.78, 5) is 23.4. The molecule has 0 saturated heterocycles. The first-order valence-corrected chi connectivity index (χ1v) is 8.39. The summed E-state index contributed by atoms with van der Waals surface area (Å²) >= 11 is 3.41. The van der Waals surface area contributed by atoms with E-state index in [1.807, 2.05) is 30.3 Å². The number of fused-ring (bicyclic) bond motifs is 1. The molecule has 0 aliphatic heterocycles. The number of halogens is 1. The lowest BCUT2D eigenvalue weighted by Gasteiger charge is -2.03. The first kappa shape index (κ1) is 16.5. The highest BCUT2D eigenvalue weighted by Gasteiger charge is 2.14. The summed E-state index contributed by atoms with van der Waals surface area (Å²) < 4.78 is 6.59. The highest BCUT2D eigenvalue weighted by molar-refractivity contribution is 9.10. The molecule has 3 rings (SSSR count). The molecule has 2 aromatic carbocycles. The fourth-order valence-electron chi connectivity index (χ4n) is 2.47. The van der Waals surface area contributed by atoms with E-state index in [9.17, 15) is 9.59 Å². The Morgan fingerprint density at radius 3 is 2.54 bits per heavy atom. The normalized spacial score (nSPS) is 10.8. The van der Waals surface area contributed by atoms with Gasteiger partial charge in [0.15, 0.2) is 5.76 Å². The number of furan rings is 1. The second-order valence-electron chi connectivity index (χ2n) is 5.55. The molecule has 24 heavy (non-hydrogen) atoms. The highest BCUT2D eigenvalue weighted by atomic mass is 79.9. The predicted molar refractivity (Wildman–Crippen MR) is 96.2 cm³/mol. The highest BCUT2D eigenvalue weighted by Crippen LogP contribution is 2.25. The van der Waals surface area contributed by atoms with Gasteiger partial charge < -0.3 is 9.73 Å². The number of ketones is 1. The van der Waals surface area contributed by atoms with Gasteiger partial charge in [0.25, 0.3) is 0 Å². The van der Waals surface area contributed by atoms with Crippen LogP contribution in [0.1, 0.15) is 28.6 Å². The first-order valence-electron chi connectivity index (χ1n) is 7.60. The maximum atomic E-state index is 12.6. The zero-order valence-corrected chi connectivity index (χ0v) is 14.7. The van der Waals surface area contributed by atoms with E-state index >= 15 is 0 Å². The number of nitrogens with one attached hydrogen (secondary N) is 1. The van der Waals surface area contributed by atoms with Gasteiger partial charge in [0.05, 0.1) is 0 Å². The largest absolute Gasteiger partial charge is 0.453 e. The van der Waals surface area contributed by atoms with Crippen LogP contribution in [-0.4, -0.2) is 18.2 Å². The lowest BCUT2D eigenvalue weighted by Crippen LogP contribution is -2.22. The summed E-state index contributed by atoms with van der Waals surface area (Å²) in [5, 5.41) is 3.64. The fourth-order valence-corrected chi connectivity index (χ4v) is 2.85. The van der Waals surface area contributed by atoms with Crippen LogP contribution >= 0.6 is 15.9 Å². The van der Waals surface area contributed by atoms with Gasteiger partial charge in [0.1, 0.15) is 5.58 Å². The minimum absolute atomic E-state index is 0.0432. The van der Waals surface area contributed by atoms with Crippen LogP contribution < -0.4 is 5.32 Å². The number of benzene rings is 2. The Morgan fingerprint density at radius 1 is 1.08 bits per heavy atom. The van der Waals surface area contributed by atoms with Crippen molar-refractivity contribution < 1.29 is 14.0 Å². The predicted octanol–water partition coefficient (Wildman–Crippen LogP) is 4.10. The van der Waals surface area contributed by atoms with Crippen LogP contribution in [0.25, 0.3) is 11.0 Å². The average Bonchev–Trinajstić information content (AvgIpc) is 2.97. The van der Waals surface area contributed by atoms with Gasteiger partial charge in [-0.3, -0.25) is 9.59 Å². The molecule has 0 atom stereocenters. The summed E-state index contributed by atoms with van der Waals surface area (Å²) in [5.74, 6) is 0.142. The molecule has 0 unspecified atom stereocenters. The molecule has 5 heteroatoms. The Balaban J connectivity index is 1.75. The quantitative estimate of drug-likeness (QED) is 0.672. The Kier molecular flexibility index (Phi) is 4.81. The molecule has 4 nitrogen and oxygen atoms in total. The molecule has 0 bridgehead atoms. The molecule has 1 aromatic heterocycles. The van der Waals surface area contributed by atoms with Gasteiger partial charge >= 0.3 is 0 Å². The van der Waals surface area contributed by atoms with Crippen molar-refractivity contribution in [2.45, 2.75) is 13.3 Å². The molecule has 1 amide bonds. The molecule has 3 aromatic rings. The summed E-state index contributed by atoms with van der Waals surface area (Å²) in [6, 6.07) is 14.8. The van der Waals surface area contributed by atoms with Crippen LogP contribution in [0.5, 0.6) is 0 Å². The second kappa shape index (κ2) is 7.01. The molecule has 122 valence electrons. The van der Waals surface area contributed by atoms with Crippen molar-refractivity contribution in [2.24, 2.45) is 0 Å². The average molecular weight is 386 g/mol. The molecule has 0 saturated carbocycles. The van der Waals surface area contributed by atoms with Crippen molar-refractivity contribution in [3.05, 3.63) is 69.9 Å². The third-order valence-corrected chi connectivity index (χ3v) is 4.20. The Hall–Kier alpha value is -2.40. The molecular weight excluding hydrogens is 370 g/mol. The number of carbonyl (C=O) groups excluding carboxylic acids is 2. The van der Waals surface area contributed by atoms with E-state index in [-0.39, 0.29) is 11.7 Å². The van der Waals surface area contributed by atoms with E-state index < -0.39 is 0 Å². The van der Waals surface area contributed by atoms with Gasteiger partial charge in [-0.1, -0.05) is 40.2 Å².